The summed E-state index contributed by atoms with van der Waals surface area (Å²) in [4.78, 5) is 14.5. The maximum atomic E-state index is 12.7. The molecule has 108 valence electrons. The van der Waals surface area contributed by atoms with Crippen molar-refractivity contribution in [2.24, 2.45) is 0 Å². The fourth-order valence-corrected chi connectivity index (χ4v) is 3.15. The van der Waals surface area contributed by atoms with E-state index in [-0.39, 0.29) is 11.9 Å². The number of aryl methyl sites for hydroxylation is 1. The molecule has 0 aliphatic heterocycles. The van der Waals surface area contributed by atoms with E-state index in [1.54, 1.807) is 12.1 Å². The highest BCUT2D eigenvalue weighted by atomic mass is 16.2. The van der Waals surface area contributed by atoms with Gasteiger partial charge in [-0.05, 0) is 48.6 Å². The summed E-state index contributed by atoms with van der Waals surface area (Å²) >= 11 is 0. The molecule has 2 N–H and O–H groups in total. The summed E-state index contributed by atoms with van der Waals surface area (Å²) in [7, 11) is 1.89. The Kier molecular flexibility index (Phi) is 3.65. The van der Waals surface area contributed by atoms with Crippen LogP contribution in [0.15, 0.2) is 48.5 Å². The zero-order valence-electron chi connectivity index (χ0n) is 12.3. The second-order valence-electron chi connectivity index (χ2n) is 5.65. The van der Waals surface area contributed by atoms with E-state index in [4.69, 9.17) is 5.73 Å². The normalized spacial score (nSPS) is 17.1. The number of carbonyl (C=O) groups is 1. The van der Waals surface area contributed by atoms with E-state index in [2.05, 4.69) is 24.3 Å². The first kappa shape index (κ1) is 13.7. The van der Waals surface area contributed by atoms with Gasteiger partial charge in [0.25, 0.3) is 5.91 Å². The summed E-state index contributed by atoms with van der Waals surface area (Å²) in [5.41, 5.74) is 9.70. The van der Waals surface area contributed by atoms with Gasteiger partial charge in [-0.1, -0.05) is 30.3 Å². The minimum absolute atomic E-state index is 0.0315. The molecular formula is C18H20N2O. The lowest BCUT2D eigenvalue weighted by atomic mass is 9.87. The summed E-state index contributed by atoms with van der Waals surface area (Å²) in [6.45, 7) is 0. The van der Waals surface area contributed by atoms with Gasteiger partial charge >= 0.3 is 0 Å². The van der Waals surface area contributed by atoms with Crippen molar-refractivity contribution >= 4 is 11.6 Å². The molecule has 0 heterocycles. The van der Waals surface area contributed by atoms with Gasteiger partial charge in [-0.2, -0.15) is 0 Å². The summed E-state index contributed by atoms with van der Waals surface area (Å²) in [6, 6.07) is 15.8. The molecule has 0 spiro atoms. The molecule has 0 saturated heterocycles. The van der Waals surface area contributed by atoms with Gasteiger partial charge in [-0.25, -0.2) is 0 Å². The van der Waals surface area contributed by atoms with Crippen LogP contribution in [0.4, 0.5) is 5.69 Å². The number of carbonyl (C=O) groups excluding carboxylic acids is 1. The van der Waals surface area contributed by atoms with Gasteiger partial charge in [-0.3, -0.25) is 4.79 Å². The third-order valence-corrected chi connectivity index (χ3v) is 4.26. The number of anilines is 1. The Morgan fingerprint density at radius 1 is 1.19 bits per heavy atom. The first-order valence-electron chi connectivity index (χ1n) is 7.37. The third-order valence-electron chi connectivity index (χ3n) is 4.26. The molecule has 3 heteroatoms. The van der Waals surface area contributed by atoms with Crippen molar-refractivity contribution in [3.63, 3.8) is 0 Å². The van der Waals surface area contributed by atoms with Crippen molar-refractivity contribution in [1.29, 1.82) is 0 Å². The lowest BCUT2D eigenvalue weighted by molar-refractivity contribution is 0.0715. The van der Waals surface area contributed by atoms with Gasteiger partial charge in [0.05, 0.1) is 6.04 Å². The average Bonchev–Trinajstić information content (AvgIpc) is 2.53. The second-order valence-corrected chi connectivity index (χ2v) is 5.65. The number of rotatable bonds is 2. The Morgan fingerprint density at radius 2 is 2.00 bits per heavy atom. The predicted octanol–water partition coefficient (Wildman–Crippen LogP) is 3.42. The summed E-state index contributed by atoms with van der Waals surface area (Å²) in [5, 5.41) is 0. The summed E-state index contributed by atoms with van der Waals surface area (Å²) in [5.74, 6) is 0.0315. The standard InChI is InChI=1S/C18H20N2O/c1-20(18(21)14-8-4-9-15(19)12-14)17-11-5-7-13-6-2-3-10-16(13)17/h2-4,6,8-10,12,17H,5,7,11,19H2,1H3. The van der Waals surface area contributed by atoms with Crippen molar-refractivity contribution in [1.82, 2.24) is 4.90 Å². The number of nitrogens with zero attached hydrogens (tertiary/aromatic N) is 1. The van der Waals surface area contributed by atoms with E-state index in [0.717, 1.165) is 19.3 Å². The van der Waals surface area contributed by atoms with E-state index < -0.39 is 0 Å². The van der Waals surface area contributed by atoms with Crippen LogP contribution in [0.25, 0.3) is 0 Å². The highest BCUT2D eigenvalue weighted by Crippen LogP contribution is 2.34. The molecule has 0 fully saturated rings. The van der Waals surface area contributed by atoms with Crippen LogP contribution >= 0.6 is 0 Å². The number of nitrogens with two attached hydrogens (primary N) is 1. The van der Waals surface area contributed by atoms with Gasteiger partial charge in [-0.15, -0.1) is 0 Å². The molecule has 3 nitrogen and oxygen atoms in total. The molecule has 1 unspecified atom stereocenters. The van der Waals surface area contributed by atoms with E-state index >= 15 is 0 Å². The molecule has 1 aliphatic carbocycles. The monoisotopic (exact) mass is 280 g/mol. The van der Waals surface area contributed by atoms with Crippen molar-refractivity contribution in [2.45, 2.75) is 25.3 Å². The maximum absolute atomic E-state index is 12.7. The molecule has 0 aromatic heterocycles. The van der Waals surface area contributed by atoms with Gasteiger partial charge in [0.1, 0.15) is 0 Å². The van der Waals surface area contributed by atoms with Gasteiger partial charge < -0.3 is 10.6 Å². The number of nitrogen functional groups attached to an aromatic ring is 1. The van der Waals surface area contributed by atoms with Crippen molar-refractivity contribution in [2.75, 3.05) is 12.8 Å². The van der Waals surface area contributed by atoms with Crippen molar-refractivity contribution in [3.8, 4) is 0 Å². The molecular weight excluding hydrogens is 260 g/mol. The first-order valence-corrected chi connectivity index (χ1v) is 7.37. The maximum Gasteiger partial charge on any atom is 0.254 e. The fourth-order valence-electron chi connectivity index (χ4n) is 3.15. The number of fused-ring (bicyclic) bond motifs is 1. The predicted molar refractivity (Wildman–Crippen MR) is 85.1 cm³/mol. The highest BCUT2D eigenvalue weighted by molar-refractivity contribution is 5.95. The van der Waals surface area contributed by atoms with Crippen molar-refractivity contribution in [3.05, 3.63) is 65.2 Å². The molecule has 0 radical (unpaired) electrons. The molecule has 2 aromatic carbocycles. The minimum Gasteiger partial charge on any atom is -0.399 e. The summed E-state index contributed by atoms with van der Waals surface area (Å²) in [6.07, 6.45) is 3.24. The molecule has 1 atom stereocenters. The molecule has 0 bridgehead atoms. The minimum atomic E-state index is 0.0315. The van der Waals surface area contributed by atoms with Crippen LogP contribution in [0.3, 0.4) is 0 Å². The zero-order chi connectivity index (χ0) is 14.8. The first-order chi connectivity index (χ1) is 10.2. The van der Waals surface area contributed by atoms with Crippen LogP contribution in [-0.4, -0.2) is 17.9 Å². The van der Waals surface area contributed by atoms with Crippen LogP contribution in [0.5, 0.6) is 0 Å². The molecule has 0 saturated carbocycles. The third kappa shape index (κ3) is 2.64. The second kappa shape index (κ2) is 5.60. The SMILES string of the molecule is CN(C(=O)c1cccc(N)c1)C1CCCc2ccccc21. The van der Waals surface area contributed by atoms with E-state index in [1.807, 2.05) is 24.1 Å². The van der Waals surface area contributed by atoms with Gasteiger partial charge in [0.2, 0.25) is 0 Å². The van der Waals surface area contributed by atoms with Crippen LogP contribution in [0, 0.1) is 0 Å². The van der Waals surface area contributed by atoms with E-state index in [9.17, 15) is 4.79 Å². The Balaban J connectivity index is 1.89. The Hall–Kier alpha value is -2.29. The number of hydrogen-bond acceptors (Lipinski definition) is 2. The smallest absolute Gasteiger partial charge is 0.254 e. The van der Waals surface area contributed by atoms with Crippen LogP contribution < -0.4 is 5.73 Å². The molecule has 3 rings (SSSR count). The zero-order valence-corrected chi connectivity index (χ0v) is 12.3. The fraction of sp³-hybridized carbons (Fsp3) is 0.278. The Bertz CT molecular complexity index is 666. The average molecular weight is 280 g/mol. The molecule has 21 heavy (non-hydrogen) atoms. The highest BCUT2D eigenvalue weighted by Gasteiger charge is 2.26. The topological polar surface area (TPSA) is 46.3 Å². The number of benzene rings is 2. The van der Waals surface area contributed by atoms with Crippen LogP contribution in [-0.2, 0) is 6.42 Å². The molecule has 2 aromatic rings. The van der Waals surface area contributed by atoms with Crippen LogP contribution in [0.1, 0.15) is 40.4 Å². The van der Waals surface area contributed by atoms with Gasteiger partial charge in [0, 0.05) is 18.3 Å². The van der Waals surface area contributed by atoms with E-state index in [1.165, 1.54) is 11.1 Å². The lowest BCUT2D eigenvalue weighted by Gasteiger charge is -2.33. The van der Waals surface area contributed by atoms with Gasteiger partial charge in [0.15, 0.2) is 0 Å². The Labute approximate surface area is 125 Å². The summed E-state index contributed by atoms with van der Waals surface area (Å²) < 4.78 is 0. The molecule has 1 amide bonds. The number of amides is 1. The number of hydrogen-bond donors (Lipinski definition) is 1. The molecule has 1 aliphatic rings. The Morgan fingerprint density at radius 3 is 2.81 bits per heavy atom. The lowest BCUT2D eigenvalue weighted by Crippen LogP contribution is -2.33. The quantitative estimate of drug-likeness (QED) is 0.857. The largest absolute Gasteiger partial charge is 0.399 e. The van der Waals surface area contributed by atoms with Crippen LogP contribution in [0.2, 0.25) is 0 Å². The van der Waals surface area contributed by atoms with E-state index in [0.29, 0.717) is 11.3 Å². The van der Waals surface area contributed by atoms with Crippen molar-refractivity contribution < 1.29 is 4.79 Å².